The van der Waals surface area contributed by atoms with Gasteiger partial charge in [-0.15, -0.1) is 0 Å². The molecule has 2 fully saturated rings. The number of aromatic nitrogens is 2. The van der Waals surface area contributed by atoms with Crippen LogP contribution in [0.5, 0.6) is 5.75 Å². The Kier molecular flexibility index (Phi) is 6.55. The number of hydrogen-bond acceptors (Lipinski definition) is 5. The fraction of sp³-hybridized carbons (Fsp3) is 0.462. The van der Waals surface area contributed by atoms with Crippen molar-refractivity contribution in [2.45, 2.75) is 55.9 Å². The Balaban J connectivity index is 1.41. The lowest BCUT2D eigenvalue weighted by Gasteiger charge is -2.33. The van der Waals surface area contributed by atoms with Crippen molar-refractivity contribution in [2.24, 2.45) is 0 Å². The first-order valence-corrected chi connectivity index (χ1v) is 13.8. The van der Waals surface area contributed by atoms with E-state index >= 15 is 0 Å². The average molecular weight is 497 g/mol. The molecule has 0 bridgehead atoms. The molecule has 3 heterocycles. The van der Waals surface area contributed by atoms with Crippen LogP contribution < -0.4 is 4.74 Å². The Morgan fingerprint density at radius 3 is 2.69 bits per heavy atom. The maximum absolute atomic E-state index is 13.6. The highest BCUT2D eigenvalue weighted by Gasteiger charge is 2.34. The number of amides is 1. The fourth-order valence-electron chi connectivity index (χ4n) is 5.30. The van der Waals surface area contributed by atoms with Crippen LogP contribution in [0.4, 0.5) is 0 Å². The Hall–Kier alpha value is -2.91. The van der Waals surface area contributed by atoms with Crippen LogP contribution in [0.1, 0.15) is 61.1 Å². The van der Waals surface area contributed by atoms with Gasteiger partial charge in [-0.3, -0.25) is 4.79 Å². The summed E-state index contributed by atoms with van der Waals surface area (Å²) in [5.74, 6) is 1.09. The van der Waals surface area contributed by atoms with Gasteiger partial charge in [0.1, 0.15) is 16.5 Å². The summed E-state index contributed by atoms with van der Waals surface area (Å²) in [4.78, 5) is 23.5. The zero-order valence-electron chi connectivity index (χ0n) is 20.2. The highest BCUT2D eigenvalue weighted by atomic mass is 32.2. The first kappa shape index (κ1) is 23.8. The third-order valence-electron chi connectivity index (χ3n) is 7.24. The number of fused-ring (bicyclic) bond motifs is 1. The second kappa shape index (κ2) is 9.62. The van der Waals surface area contributed by atoms with Crippen LogP contribution in [0.2, 0.25) is 0 Å². The number of methoxy groups -OCH3 is 1. The highest BCUT2D eigenvalue weighted by Crippen LogP contribution is 2.33. The monoisotopic (exact) mass is 496 g/mol. The number of ether oxygens (including phenoxy) is 1. The second-order valence-corrected chi connectivity index (χ2v) is 11.4. The number of H-pyrrole nitrogens is 1. The number of para-hydroxylation sites is 2. The standard InChI is InChI=1S/C26H32N4O4S/c1-18-8-5-6-15-30(18)35(32,33)24-16-19(12-13-23(24)34-2)26(31)29-14-7-9-20(17-29)25-27-21-10-3-4-11-22(21)28-25/h3-4,10-13,16,18,20H,5-9,14-15,17H2,1-2H3,(H,27,28)/t18-,20+/m0/s1. The molecule has 2 aliphatic heterocycles. The number of hydrogen-bond donors (Lipinski definition) is 1. The third-order valence-corrected chi connectivity index (χ3v) is 9.28. The number of aromatic amines is 1. The zero-order valence-corrected chi connectivity index (χ0v) is 21.1. The first-order valence-electron chi connectivity index (χ1n) is 12.3. The van der Waals surface area contributed by atoms with Crippen molar-refractivity contribution in [2.75, 3.05) is 26.7 Å². The van der Waals surface area contributed by atoms with Gasteiger partial charge in [-0.2, -0.15) is 4.31 Å². The van der Waals surface area contributed by atoms with Crippen LogP contribution in [0.3, 0.4) is 0 Å². The van der Waals surface area contributed by atoms with Crippen molar-refractivity contribution >= 4 is 27.0 Å². The Bertz CT molecular complexity index is 1300. The van der Waals surface area contributed by atoms with Crippen LogP contribution >= 0.6 is 0 Å². The Morgan fingerprint density at radius 2 is 1.91 bits per heavy atom. The van der Waals surface area contributed by atoms with E-state index in [4.69, 9.17) is 9.72 Å². The molecule has 35 heavy (non-hydrogen) atoms. The number of nitrogens with one attached hydrogen (secondary N) is 1. The lowest BCUT2D eigenvalue weighted by molar-refractivity contribution is 0.0704. The molecule has 2 aliphatic rings. The topological polar surface area (TPSA) is 95.6 Å². The molecule has 1 N–H and O–H groups in total. The van der Waals surface area contributed by atoms with E-state index in [0.29, 0.717) is 25.2 Å². The van der Waals surface area contributed by atoms with Crippen LogP contribution in [0.25, 0.3) is 11.0 Å². The summed E-state index contributed by atoms with van der Waals surface area (Å²) in [6, 6.07) is 12.6. The summed E-state index contributed by atoms with van der Waals surface area (Å²) in [6.45, 7) is 3.59. The summed E-state index contributed by atoms with van der Waals surface area (Å²) < 4.78 is 34.1. The average Bonchev–Trinajstić information content (AvgIpc) is 3.32. The van der Waals surface area contributed by atoms with Gasteiger partial charge in [-0.1, -0.05) is 18.6 Å². The number of imidazole rings is 1. The molecule has 0 spiro atoms. The SMILES string of the molecule is COc1ccc(C(=O)N2CCC[C@@H](c3nc4ccccc4[nH]3)C2)cc1S(=O)(=O)N1CCCC[C@@H]1C. The van der Waals surface area contributed by atoms with Crippen LogP contribution in [-0.2, 0) is 10.0 Å². The summed E-state index contributed by atoms with van der Waals surface area (Å²) in [6.07, 6.45) is 4.49. The molecule has 8 nitrogen and oxygen atoms in total. The van der Waals surface area contributed by atoms with Crippen LogP contribution in [0, 0.1) is 0 Å². The van der Waals surface area contributed by atoms with Crippen molar-refractivity contribution in [1.82, 2.24) is 19.2 Å². The molecule has 186 valence electrons. The van der Waals surface area contributed by atoms with E-state index in [0.717, 1.165) is 49.0 Å². The first-order chi connectivity index (χ1) is 16.9. The van der Waals surface area contributed by atoms with Gasteiger partial charge in [0, 0.05) is 37.2 Å². The molecule has 5 rings (SSSR count). The van der Waals surface area contributed by atoms with Crippen LogP contribution in [-0.4, -0.2) is 66.3 Å². The summed E-state index contributed by atoms with van der Waals surface area (Å²) in [7, 11) is -2.33. The molecule has 0 unspecified atom stereocenters. The lowest BCUT2D eigenvalue weighted by Crippen LogP contribution is -2.42. The van der Waals surface area contributed by atoms with Gasteiger partial charge in [-0.05, 0) is 62.9 Å². The van der Waals surface area contributed by atoms with Gasteiger partial charge < -0.3 is 14.6 Å². The normalized spacial score (nSPS) is 21.8. The van der Waals surface area contributed by atoms with Crippen LogP contribution in [0.15, 0.2) is 47.4 Å². The molecular weight excluding hydrogens is 464 g/mol. The van der Waals surface area contributed by atoms with Gasteiger partial charge in [0.05, 0.1) is 18.1 Å². The minimum Gasteiger partial charge on any atom is -0.495 e. The van der Waals surface area contributed by atoms with E-state index in [1.54, 1.807) is 16.4 Å². The second-order valence-electron chi connectivity index (χ2n) is 9.56. The Morgan fingerprint density at radius 1 is 1.09 bits per heavy atom. The molecular formula is C26H32N4O4S. The van der Waals surface area contributed by atoms with Crippen molar-refractivity contribution in [1.29, 1.82) is 0 Å². The predicted molar refractivity (Wildman–Crippen MR) is 134 cm³/mol. The van der Waals surface area contributed by atoms with Gasteiger partial charge >= 0.3 is 0 Å². The smallest absolute Gasteiger partial charge is 0.253 e. The number of carbonyl (C=O) groups is 1. The van der Waals surface area contributed by atoms with Gasteiger partial charge in [-0.25, -0.2) is 13.4 Å². The number of benzene rings is 2. The van der Waals surface area contributed by atoms with Crippen molar-refractivity contribution < 1.29 is 17.9 Å². The molecule has 3 aromatic rings. The van der Waals surface area contributed by atoms with Crippen molar-refractivity contribution in [3.05, 3.63) is 53.9 Å². The quantitative estimate of drug-likeness (QED) is 0.572. The van der Waals surface area contributed by atoms with E-state index in [2.05, 4.69) is 4.98 Å². The summed E-state index contributed by atoms with van der Waals surface area (Å²) in [5, 5.41) is 0. The largest absolute Gasteiger partial charge is 0.495 e. The summed E-state index contributed by atoms with van der Waals surface area (Å²) in [5.41, 5.74) is 2.27. The van der Waals surface area contributed by atoms with E-state index in [-0.39, 0.29) is 28.5 Å². The molecule has 1 aromatic heterocycles. The number of carbonyl (C=O) groups excluding carboxylic acids is 1. The number of nitrogens with zero attached hydrogens (tertiary/aromatic N) is 3. The van der Waals surface area contributed by atoms with Gasteiger partial charge in [0.2, 0.25) is 10.0 Å². The van der Waals surface area contributed by atoms with E-state index in [9.17, 15) is 13.2 Å². The summed E-state index contributed by atoms with van der Waals surface area (Å²) >= 11 is 0. The van der Waals surface area contributed by atoms with Gasteiger partial charge in [0.15, 0.2) is 0 Å². The maximum atomic E-state index is 13.6. The number of piperidine rings is 2. The lowest BCUT2D eigenvalue weighted by atomic mass is 9.96. The molecule has 2 aromatic carbocycles. The van der Waals surface area contributed by atoms with Gasteiger partial charge in [0.25, 0.3) is 5.91 Å². The number of sulfonamides is 1. The minimum atomic E-state index is -3.79. The van der Waals surface area contributed by atoms with E-state index < -0.39 is 10.0 Å². The maximum Gasteiger partial charge on any atom is 0.253 e. The Labute approximate surface area is 206 Å². The fourth-order valence-corrected chi connectivity index (χ4v) is 7.18. The van der Waals surface area contributed by atoms with Crippen molar-refractivity contribution in [3.8, 4) is 5.75 Å². The molecule has 0 saturated carbocycles. The van der Waals surface area contributed by atoms with E-state index in [1.165, 1.54) is 13.2 Å². The number of likely N-dealkylation sites (tertiary alicyclic amines) is 1. The highest BCUT2D eigenvalue weighted by molar-refractivity contribution is 7.89. The molecule has 0 aliphatic carbocycles. The predicted octanol–water partition coefficient (Wildman–Crippen LogP) is 4.15. The third kappa shape index (κ3) is 4.54. The molecule has 2 saturated heterocycles. The molecule has 0 radical (unpaired) electrons. The molecule has 1 amide bonds. The number of rotatable bonds is 5. The zero-order chi connectivity index (χ0) is 24.6. The minimum absolute atomic E-state index is 0.0606. The van der Waals surface area contributed by atoms with Crippen molar-refractivity contribution in [3.63, 3.8) is 0 Å². The molecule has 2 atom stereocenters. The van der Waals surface area contributed by atoms with E-state index in [1.807, 2.05) is 36.1 Å². The molecule has 9 heteroatoms.